The molecular formula is C40H36F2N6O2. The number of ether oxygens (including phenoxy) is 2. The lowest BCUT2D eigenvalue weighted by atomic mass is 9.86. The third-order valence-corrected chi connectivity index (χ3v) is 11.8. The van der Waals surface area contributed by atoms with Crippen LogP contribution in [-0.2, 0) is 0 Å². The average molecular weight is 671 g/mol. The number of fused-ring (bicyclic) bond motifs is 9. The Balaban J connectivity index is 1.07. The van der Waals surface area contributed by atoms with Gasteiger partial charge in [0.2, 0.25) is 0 Å². The number of rotatable bonds is 5. The summed E-state index contributed by atoms with van der Waals surface area (Å²) in [5.41, 5.74) is 1.72. The van der Waals surface area contributed by atoms with Crippen LogP contribution in [-0.4, -0.2) is 70.3 Å². The largest absolute Gasteiger partial charge is 0.493 e. The molecule has 0 aliphatic carbocycles. The molecule has 4 fully saturated rings. The van der Waals surface area contributed by atoms with Gasteiger partial charge in [0.1, 0.15) is 35.2 Å². The first-order chi connectivity index (χ1) is 24.5. The van der Waals surface area contributed by atoms with Crippen molar-refractivity contribution in [2.75, 3.05) is 37.7 Å². The Morgan fingerprint density at radius 2 is 1.90 bits per heavy atom. The Morgan fingerprint density at radius 3 is 2.76 bits per heavy atom. The minimum absolute atomic E-state index is 0.0558. The van der Waals surface area contributed by atoms with Gasteiger partial charge in [0, 0.05) is 59.8 Å². The van der Waals surface area contributed by atoms with Crippen molar-refractivity contribution in [1.82, 2.24) is 25.2 Å². The molecule has 0 radical (unpaired) electrons. The summed E-state index contributed by atoms with van der Waals surface area (Å²) >= 11 is 0. The van der Waals surface area contributed by atoms with Crippen molar-refractivity contribution in [1.29, 1.82) is 0 Å². The van der Waals surface area contributed by atoms with Gasteiger partial charge in [0.05, 0.1) is 23.1 Å². The summed E-state index contributed by atoms with van der Waals surface area (Å²) in [7, 11) is 0. The number of terminal acetylenes is 1. The van der Waals surface area contributed by atoms with Gasteiger partial charge in [0.25, 0.3) is 0 Å². The highest BCUT2D eigenvalue weighted by Gasteiger charge is 2.56. The molecule has 0 unspecified atom stereocenters. The summed E-state index contributed by atoms with van der Waals surface area (Å²) in [6.45, 7) is 3.57. The van der Waals surface area contributed by atoms with Crippen molar-refractivity contribution in [3.63, 3.8) is 0 Å². The number of benzene rings is 3. The van der Waals surface area contributed by atoms with Crippen molar-refractivity contribution in [3.05, 3.63) is 83.6 Å². The number of para-hydroxylation sites is 1. The lowest BCUT2D eigenvalue weighted by Gasteiger charge is -2.36. The molecule has 0 spiro atoms. The van der Waals surface area contributed by atoms with Crippen LogP contribution < -0.4 is 19.7 Å². The second-order valence-corrected chi connectivity index (χ2v) is 14.6. The van der Waals surface area contributed by atoms with Crippen LogP contribution in [0.3, 0.4) is 0 Å². The van der Waals surface area contributed by atoms with Gasteiger partial charge in [0.15, 0.2) is 5.82 Å². The van der Waals surface area contributed by atoms with E-state index in [1.807, 2.05) is 12.1 Å². The lowest BCUT2D eigenvalue weighted by molar-refractivity contribution is 0.0780. The van der Waals surface area contributed by atoms with E-state index in [0.717, 1.165) is 57.5 Å². The van der Waals surface area contributed by atoms with Gasteiger partial charge >= 0.3 is 6.01 Å². The summed E-state index contributed by atoms with van der Waals surface area (Å²) in [5, 5.41) is 5.34. The van der Waals surface area contributed by atoms with Gasteiger partial charge in [-0.15, -0.1) is 6.42 Å². The fourth-order valence-electron chi connectivity index (χ4n) is 9.68. The maximum Gasteiger partial charge on any atom is 0.319 e. The van der Waals surface area contributed by atoms with Gasteiger partial charge in [-0.25, -0.2) is 8.78 Å². The van der Waals surface area contributed by atoms with Gasteiger partial charge < -0.3 is 19.7 Å². The second kappa shape index (κ2) is 11.3. The minimum Gasteiger partial charge on any atom is -0.493 e. The highest BCUT2D eigenvalue weighted by Crippen LogP contribution is 2.55. The molecule has 5 atom stereocenters. The molecule has 0 amide bonds. The van der Waals surface area contributed by atoms with E-state index in [4.69, 9.17) is 25.9 Å². The molecule has 2 aromatic heterocycles. The summed E-state index contributed by atoms with van der Waals surface area (Å²) in [6, 6.07) is 17.8. The molecule has 5 aliphatic rings. The quantitative estimate of drug-likeness (QED) is 0.215. The van der Waals surface area contributed by atoms with E-state index in [2.05, 4.69) is 44.2 Å². The van der Waals surface area contributed by atoms with Crippen LogP contribution >= 0.6 is 0 Å². The third-order valence-electron chi connectivity index (χ3n) is 11.8. The minimum atomic E-state index is -0.616. The van der Waals surface area contributed by atoms with Crippen LogP contribution in [0.5, 0.6) is 11.8 Å². The maximum absolute atomic E-state index is 17.0. The van der Waals surface area contributed by atoms with E-state index >= 15 is 4.39 Å². The molecule has 1 N–H and O–H groups in total. The number of nitrogens with one attached hydrogen (secondary N) is 1. The van der Waals surface area contributed by atoms with Crippen molar-refractivity contribution < 1.29 is 18.3 Å². The zero-order valence-electron chi connectivity index (χ0n) is 27.5. The standard InChI is InChI=1S/C40H36F2N6O2/c1-2-27-31(41)14-11-23-7-5-9-29(33(23)27)35-34(42)36-30(18-43-35)38(47-19-25-12-13-26(20-47)44-25)46-39(45-36)50-22-40-15-6-16-48(40)37-24(17-40)21-49-32-10-4-3-8-28(32)37/h1,3-5,7-11,14,18,24-26,37,44H,6,12-13,15-17,19-22H2/t24-,25-,26+,37-,40-/m0/s1. The predicted molar refractivity (Wildman–Crippen MR) is 187 cm³/mol. The van der Waals surface area contributed by atoms with Crippen LogP contribution in [0, 0.1) is 29.9 Å². The number of pyridine rings is 1. The van der Waals surface area contributed by atoms with Crippen molar-refractivity contribution in [2.45, 2.75) is 55.8 Å². The van der Waals surface area contributed by atoms with Gasteiger partial charge in [-0.1, -0.05) is 48.4 Å². The SMILES string of the molecule is C#Cc1c(F)ccc2cccc(-c3ncc4c(N5C[C@H]6CC[C@@H](C5)N6)nc(OC[C@@]56CCCN5[C@@H]5c7ccccc7OC[C@@H]5C6)nc4c3F)c12. The molecule has 4 saturated heterocycles. The highest BCUT2D eigenvalue weighted by molar-refractivity contribution is 6.02. The smallest absolute Gasteiger partial charge is 0.319 e. The van der Waals surface area contributed by atoms with Crippen molar-refractivity contribution in [3.8, 4) is 35.4 Å². The predicted octanol–water partition coefficient (Wildman–Crippen LogP) is 6.41. The summed E-state index contributed by atoms with van der Waals surface area (Å²) in [4.78, 5) is 19.2. The number of piperazine rings is 1. The number of halogens is 2. The zero-order valence-corrected chi connectivity index (χ0v) is 27.5. The first kappa shape index (κ1) is 30.0. The number of anilines is 1. The summed E-state index contributed by atoms with van der Waals surface area (Å²) in [5.74, 6) is 3.27. The number of hydrogen-bond donors (Lipinski definition) is 1. The van der Waals surface area contributed by atoms with Crippen molar-refractivity contribution >= 4 is 27.5 Å². The normalized spacial score (nSPS) is 26.8. The van der Waals surface area contributed by atoms with E-state index < -0.39 is 11.6 Å². The molecule has 5 aromatic rings. The second-order valence-electron chi connectivity index (χ2n) is 14.6. The van der Waals surface area contributed by atoms with E-state index in [9.17, 15) is 4.39 Å². The molecule has 8 nitrogen and oxygen atoms in total. The number of aromatic nitrogens is 3. The van der Waals surface area contributed by atoms with Gasteiger partial charge in [-0.05, 0) is 56.2 Å². The molecule has 10 rings (SSSR count). The Bertz CT molecular complexity index is 2230. The fraction of sp³-hybridized carbons (Fsp3) is 0.375. The molecule has 5 aliphatic heterocycles. The molecule has 0 saturated carbocycles. The molecule has 2 bridgehead atoms. The Hall–Kier alpha value is -4.85. The molecular weight excluding hydrogens is 634 g/mol. The molecule has 10 heteroatoms. The summed E-state index contributed by atoms with van der Waals surface area (Å²) in [6.07, 6.45) is 12.6. The Morgan fingerprint density at radius 1 is 1.04 bits per heavy atom. The molecule has 50 heavy (non-hydrogen) atoms. The fourth-order valence-corrected chi connectivity index (χ4v) is 9.68. The first-order valence-electron chi connectivity index (χ1n) is 17.7. The number of nitrogens with zero attached hydrogens (tertiary/aromatic N) is 5. The Labute approximate surface area is 288 Å². The molecule has 7 heterocycles. The maximum atomic E-state index is 17.0. The topological polar surface area (TPSA) is 75.6 Å². The summed E-state index contributed by atoms with van der Waals surface area (Å²) < 4.78 is 44.7. The Kier molecular flexibility index (Phi) is 6.81. The van der Waals surface area contributed by atoms with E-state index in [0.29, 0.717) is 58.8 Å². The lowest BCUT2D eigenvalue weighted by Crippen LogP contribution is -2.51. The van der Waals surface area contributed by atoms with Crippen molar-refractivity contribution in [2.24, 2.45) is 5.92 Å². The monoisotopic (exact) mass is 670 g/mol. The first-order valence-corrected chi connectivity index (χ1v) is 17.7. The highest BCUT2D eigenvalue weighted by atomic mass is 19.1. The van der Waals surface area contributed by atoms with E-state index in [1.54, 1.807) is 24.4 Å². The van der Waals surface area contributed by atoms with Crippen LogP contribution in [0.15, 0.2) is 60.8 Å². The van der Waals surface area contributed by atoms with Crippen LogP contribution in [0.2, 0.25) is 0 Å². The van der Waals surface area contributed by atoms with E-state index in [-0.39, 0.29) is 34.4 Å². The van der Waals surface area contributed by atoms with Crippen LogP contribution in [0.1, 0.15) is 49.3 Å². The third kappa shape index (κ3) is 4.53. The van der Waals surface area contributed by atoms with Gasteiger partial charge in [-0.2, -0.15) is 9.97 Å². The average Bonchev–Trinajstić information content (AvgIpc) is 3.81. The van der Waals surface area contributed by atoms with Crippen LogP contribution in [0.25, 0.3) is 32.9 Å². The number of hydrogen-bond acceptors (Lipinski definition) is 8. The van der Waals surface area contributed by atoms with E-state index in [1.165, 1.54) is 11.6 Å². The van der Waals surface area contributed by atoms with Crippen LogP contribution in [0.4, 0.5) is 14.6 Å². The van der Waals surface area contributed by atoms with Gasteiger partial charge in [-0.3, -0.25) is 9.88 Å². The molecule has 3 aromatic carbocycles. The molecule has 252 valence electrons. The zero-order chi connectivity index (χ0) is 33.6.